The number of hydrogen-bond donors (Lipinski definition) is 3. The van der Waals surface area contributed by atoms with Crippen molar-refractivity contribution >= 4 is 38.8 Å². The maximum atomic E-state index is 13.5. The SMILES string of the molecule is CN(O)C(Nc1ccc(F)c(Br)c1)c1nonc1NCC1CN([S+]([O-])C2COC2)C1. The highest BCUT2D eigenvalue weighted by Crippen LogP contribution is 2.29. The van der Waals surface area contributed by atoms with Crippen molar-refractivity contribution in [2.75, 3.05) is 50.5 Å². The van der Waals surface area contributed by atoms with Crippen molar-refractivity contribution in [1.82, 2.24) is 19.7 Å². The van der Waals surface area contributed by atoms with Gasteiger partial charge in [-0.25, -0.2) is 9.02 Å². The van der Waals surface area contributed by atoms with Crippen molar-refractivity contribution in [3.05, 3.63) is 34.2 Å². The molecule has 1 aromatic heterocycles. The molecule has 0 amide bonds. The van der Waals surface area contributed by atoms with E-state index in [9.17, 15) is 14.2 Å². The Morgan fingerprint density at radius 2 is 2.20 bits per heavy atom. The minimum Gasteiger partial charge on any atom is -0.598 e. The van der Waals surface area contributed by atoms with E-state index in [0.717, 1.165) is 18.2 Å². The van der Waals surface area contributed by atoms with Crippen LogP contribution in [0.1, 0.15) is 11.9 Å². The lowest BCUT2D eigenvalue weighted by atomic mass is 10.0. The van der Waals surface area contributed by atoms with Gasteiger partial charge in [-0.2, -0.15) is 5.06 Å². The molecule has 2 aliphatic heterocycles. The van der Waals surface area contributed by atoms with Crippen LogP contribution in [0.2, 0.25) is 0 Å². The number of nitrogens with zero attached hydrogens (tertiary/aromatic N) is 4. The van der Waals surface area contributed by atoms with Crippen LogP contribution in [0.25, 0.3) is 0 Å². The van der Waals surface area contributed by atoms with E-state index in [1.54, 1.807) is 12.1 Å². The molecule has 2 aromatic rings. The van der Waals surface area contributed by atoms with E-state index in [4.69, 9.17) is 9.37 Å². The summed E-state index contributed by atoms with van der Waals surface area (Å²) in [6.45, 7) is 3.17. The summed E-state index contributed by atoms with van der Waals surface area (Å²) < 4.78 is 37.9. The van der Waals surface area contributed by atoms with Gasteiger partial charge in [0.25, 0.3) is 0 Å². The first-order chi connectivity index (χ1) is 14.4. The van der Waals surface area contributed by atoms with Crippen molar-refractivity contribution in [2.45, 2.75) is 11.4 Å². The number of halogens is 2. The fourth-order valence-corrected chi connectivity index (χ4v) is 5.10. The Hall–Kier alpha value is -1.48. The smallest absolute Gasteiger partial charge is 0.197 e. The molecular formula is C17H22BrFN6O4S. The van der Waals surface area contributed by atoms with Crippen LogP contribution < -0.4 is 10.6 Å². The van der Waals surface area contributed by atoms with Gasteiger partial charge in [0, 0.05) is 36.6 Å². The highest BCUT2D eigenvalue weighted by molar-refractivity contribution is 9.10. The lowest BCUT2D eigenvalue weighted by Crippen LogP contribution is -2.58. The van der Waals surface area contributed by atoms with Gasteiger partial charge in [-0.05, 0) is 44.4 Å². The van der Waals surface area contributed by atoms with E-state index >= 15 is 0 Å². The summed E-state index contributed by atoms with van der Waals surface area (Å²) in [5.41, 5.74) is 0.923. The molecule has 13 heteroatoms. The third kappa shape index (κ3) is 4.72. The highest BCUT2D eigenvalue weighted by atomic mass is 79.9. The Balaban J connectivity index is 1.34. The zero-order chi connectivity index (χ0) is 21.3. The van der Waals surface area contributed by atoms with Crippen LogP contribution in [0.4, 0.5) is 15.9 Å². The molecule has 2 atom stereocenters. The van der Waals surface area contributed by atoms with Crippen molar-refractivity contribution in [2.24, 2.45) is 5.92 Å². The molecule has 164 valence electrons. The third-order valence-corrected chi connectivity index (χ3v) is 7.26. The number of hydroxylamine groups is 2. The second-order valence-electron chi connectivity index (χ2n) is 7.28. The van der Waals surface area contributed by atoms with Gasteiger partial charge in [-0.15, -0.1) is 4.31 Å². The van der Waals surface area contributed by atoms with Crippen molar-refractivity contribution < 1.29 is 23.5 Å². The Morgan fingerprint density at radius 3 is 2.83 bits per heavy atom. The Labute approximate surface area is 184 Å². The molecule has 2 fully saturated rings. The van der Waals surface area contributed by atoms with Gasteiger partial charge in [0.05, 0.1) is 30.8 Å². The predicted molar refractivity (Wildman–Crippen MR) is 111 cm³/mol. The fourth-order valence-electron chi connectivity index (χ4n) is 3.16. The molecule has 2 saturated heterocycles. The maximum Gasteiger partial charge on any atom is 0.197 e. The summed E-state index contributed by atoms with van der Waals surface area (Å²) >= 11 is 2.15. The maximum absolute atomic E-state index is 13.5. The minimum absolute atomic E-state index is 0.115. The molecule has 0 spiro atoms. The molecule has 3 heterocycles. The first-order valence-electron chi connectivity index (χ1n) is 9.35. The average Bonchev–Trinajstić information content (AvgIpc) is 3.07. The molecular weight excluding hydrogens is 483 g/mol. The predicted octanol–water partition coefficient (Wildman–Crippen LogP) is 1.81. The van der Waals surface area contributed by atoms with E-state index in [0.29, 0.717) is 47.3 Å². The minimum atomic E-state index is -0.987. The van der Waals surface area contributed by atoms with E-state index in [1.807, 2.05) is 4.31 Å². The summed E-state index contributed by atoms with van der Waals surface area (Å²) in [7, 11) is 1.46. The molecule has 2 unspecified atom stereocenters. The number of ether oxygens (including phenoxy) is 1. The molecule has 4 rings (SSSR count). The monoisotopic (exact) mass is 504 g/mol. The quantitative estimate of drug-likeness (QED) is 0.264. The second kappa shape index (κ2) is 9.34. The van der Waals surface area contributed by atoms with Crippen LogP contribution in [-0.4, -0.2) is 74.6 Å². The van der Waals surface area contributed by atoms with E-state index in [1.165, 1.54) is 13.1 Å². The number of hydrogen-bond acceptors (Lipinski definition) is 10. The van der Waals surface area contributed by atoms with Gasteiger partial charge < -0.3 is 25.1 Å². The average molecular weight is 505 g/mol. The first kappa shape index (κ1) is 21.7. The molecule has 1 aromatic carbocycles. The van der Waals surface area contributed by atoms with E-state index in [2.05, 4.69) is 36.9 Å². The van der Waals surface area contributed by atoms with Crippen LogP contribution >= 0.6 is 15.9 Å². The number of anilines is 2. The molecule has 0 aliphatic carbocycles. The number of rotatable bonds is 9. The van der Waals surface area contributed by atoms with Crippen molar-refractivity contribution in [3.63, 3.8) is 0 Å². The Kier molecular flexibility index (Phi) is 6.77. The van der Waals surface area contributed by atoms with Gasteiger partial charge in [0.1, 0.15) is 5.82 Å². The van der Waals surface area contributed by atoms with Crippen LogP contribution in [0.5, 0.6) is 0 Å². The fraction of sp³-hybridized carbons (Fsp3) is 0.529. The molecule has 30 heavy (non-hydrogen) atoms. The summed E-state index contributed by atoms with van der Waals surface area (Å²) in [5.74, 6) is 0.313. The molecule has 0 radical (unpaired) electrons. The highest BCUT2D eigenvalue weighted by Gasteiger charge is 2.42. The summed E-state index contributed by atoms with van der Waals surface area (Å²) in [4.78, 5) is 0. The standard InChI is InChI=1S/C17H22BrFN6O4S/c1-24(26)17(21-11-2-3-14(19)13(18)4-11)15-16(23-29-22-15)20-5-10-6-25(7-10)30(27)12-8-28-9-12/h2-4,10,12,17,21,26H,5-9H2,1H3,(H,20,23). The number of aromatic nitrogens is 2. The Morgan fingerprint density at radius 1 is 1.43 bits per heavy atom. The molecule has 0 bridgehead atoms. The van der Waals surface area contributed by atoms with Gasteiger partial charge in [-0.1, -0.05) is 0 Å². The van der Waals surface area contributed by atoms with Crippen molar-refractivity contribution in [1.29, 1.82) is 0 Å². The third-order valence-electron chi connectivity index (χ3n) is 5.00. The van der Waals surface area contributed by atoms with Gasteiger partial charge in [0.2, 0.25) is 0 Å². The number of nitrogens with one attached hydrogen (secondary N) is 2. The van der Waals surface area contributed by atoms with Gasteiger partial charge >= 0.3 is 0 Å². The Bertz CT molecular complexity index is 867. The lowest BCUT2D eigenvalue weighted by molar-refractivity contribution is -0.0969. The molecule has 10 nitrogen and oxygen atoms in total. The summed E-state index contributed by atoms with van der Waals surface area (Å²) in [6.07, 6.45) is -0.778. The van der Waals surface area contributed by atoms with Gasteiger partial charge in [0.15, 0.2) is 22.9 Å². The van der Waals surface area contributed by atoms with E-state index in [-0.39, 0.29) is 11.1 Å². The topological polar surface area (TPSA) is 122 Å². The number of benzene rings is 1. The summed E-state index contributed by atoms with van der Waals surface area (Å²) in [6, 6.07) is 4.42. The van der Waals surface area contributed by atoms with Crippen LogP contribution in [0, 0.1) is 11.7 Å². The van der Waals surface area contributed by atoms with Gasteiger partial charge in [-0.3, -0.25) is 0 Å². The van der Waals surface area contributed by atoms with Crippen LogP contribution in [0.3, 0.4) is 0 Å². The molecule has 3 N–H and O–H groups in total. The normalized spacial score (nSPS) is 19.9. The molecule has 0 saturated carbocycles. The van der Waals surface area contributed by atoms with Crippen molar-refractivity contribution in [3.8, 4) is 0 Å². The zero-order valence-corrected chi connectivity index (χ0v) is 18.5. The van der Waals surface area contributed by atoms with E-state index < -0.39 is 17.5 Å². The second-order valence-corrected chi connectivity index (χ2v) is 9.87. The lowest BCUT2D eigenvalue weighted by Gasteiger charge is -2.42. The largest absolute Gasteiger partial charge is 0.598 e. The first-order valence-corrected chi connectivity index (χ1v) is 11.3. The van der Waals surface area contributed by atoms with Crippen LogP contribution in [0.15, 0.2) is 27.3 Å². The molecule has 2 aliphatic rings. The zero-order valence-electron chi connectivity index (χ0n) is 16.1. The summed E-state index contributed by atoms with van der Waals surface area (Å²) in [5, 5.41) is 25.2. The van der Waals surface area contributed by atoms with Crippen LogP contribution in [-0.2, 0) is 16.1 Å².